The molecule has 0 aromatic heterocycles. The van der Waals surface area contributed by atoms with Gasteiger partial charge < -0.3 is 11.6 Å². The third-order valence-corrected chi connectivity index (χ3v) is 11.5. The van der Waals surface area contributed by atoms with Crippen molar-refractivity contribution in [3.63, 3.8) is 0 Å². The van der Waals surface area contributed by atoms with Crippen LogP contribution in [0.2, 0.25) is 0 Å². The van der Waals surface area contributed by atoms with Crippen LogP contribution in [0.4, 0.5) is 0 Å². The molecule has 0 aromatic carbocycles. The SMILES string of the molecule is CC1CC1.CC[C@H]1CC2C3CCC(CCC/C(N)=N/N)C3(C)CC[C@@H]2C2(C)CCCCC12.NS. The molecule has 5 fully saturated rings. The quantitative estimate of drug-likeness (QED) is 0.107. The molecule has 0 bridgehead atoms. The molecule has 5 aliphatic carbocycles. The first-order valence-corrected chi connectivity index (χ1v) is 15.1. The summed E-state index contributed by atoms with van der Waals surface area (Å²) in [5.41, 5.74) is 7.06. The number of fused-ring (bicyclic) bond motifs is 5. The van der Waals surface area contributed by atoms with Crippen molar-refractivity contribution in [2.75, 3.05) is 0 Å². The summed E-state index contributed by atoms with van der Waals surface area (Å²) in [5, 5.41) is 7.86. The van der Waals surface area contributed by atoms with Gasteiger partial charge in [-0.25, -0.2) is 0 Å². The predicted molar refractivity (Wildman–Crippen MR) is 150 cm³/mol. The summed E-state index contributed by atoms with van der Waals surface area (Å²) in [6, 6.07) is 0. The van der Waals surface area contributed by atoms with Crippen molar-refractivity contribution in [1.29, 1.82) is 0 Å². The standard InChI is InChI=1S/C25H45N3.C4H8.H3NS/c1-4-17-16-19-21-12-11-18(8-7-10-23(26)28-27)24(21,2)15-13-22(19)25(3)14-6-5-9-20(17)25;1-4-2-3-4;1-2/h17-22H,4-16,27H2,1-3H3,(H2,26,28);4H,2-3H2,1H3;2H,1H2/t17-,18?,19?,20?,21?,22-,24?,25?;;/m0../s1. The van der Waals surface area contributed by atoms with Crippen LogP contribution in [0.3, 0.4) is 0 Å². The number of amidine groups is 1. The Kier molecular flexibility index (Phi) is 10.1. The van der Waals surface area contributed by atoms with Crippen LogP contribution in [0.1, 0.15) is 124 Å². The van der Waals surface area contributed by atoms with E-state index in [-0.39, 0.29) is 0 Å². The van der Waals surface area contributed by atoms with Gasteiger partial charge in [-0.1, -0.05) is 59.8 Å². The molecule has 5 rings (SSSR count). The van der Waals surface area contributed by atoms with Crippen LogP contribution in [0.15, 0.2) is 5.10 Å². The summed E-state index contributed by atoms with van der Waals surface area (Å²) >= 11 is 3.03. The fourth-order valence-electron chi connectivity index (χ4n) is 9.36. The van der Waals surface area contributed by atoms with Gasteiger partial charge >= 0.3 is 0 Å². The van der Waals surface area contributed by atoms with Crippen molar-refractivity contribution in [2.45, 2.75) is 124 Å². The zero-order valence-electron chi connectivity index (χ0n) is 22.8. The summed E-state index contributed by atoms with van der Waals surface area (Å²) < 4.78 is 0. The predicted octanol–water partition coefficient (Wildman–Crippen LogP) is 7.28. The van der Waals surface area contributed by atoms with Crippen LogP contribution in [-0.4, -0.2) is 5.84 Å². The maximum absolute atomic E-state index is 5.84. The van der Waals surface area contributed by atoms with Gasteiger partial charge in [0.05, 0.1) is 0 Å². The van der Waals surface area contributed by atoms with Gasteiger partial charge in [-0.2, -0.15) is 5.10 Å². The highest BCUT2D eigenvalue weighted by Crippen LogP contribution is 2.69. The Balaban J connectivity index is 0.000000480. The van der Waals surface area contributed by atoms with Crippen molar-refractivity contribution in [2.24, 2.45) is 74.1 Å². The third kappa shape index (κ3) is 5.76. The van der Waals surface area contributed by atoms with Crippen LogP contribution in [0, 0.1) is 52.3 Å². The molecule has 0 saturated heterocycles. The van der Waals surface area contributed by atoms with E-state index < -0.39 is 0 Å². The second kappa shape index (κ2) is 12.2. The van der Waals surface area contributed by atoms with E-state index in [4.69, 9.17) is 11.6 Å². The fourth-order valence-corrected chi connectivity index (χ4v) is 9.36. The molecule has 0 aliphatic heterocycles. The topological polar surface area (TPSA) is 90.4 Å². The maximum atomic E-state index is 5.84. The number of nitrogens with zero attached hydrogens (tertiary/aromatic N) is 1. The largest absolute Gasteiger partial charge is 0.386 e. The Bertz CT molecular complexity index is 665. The summed E-state index contributed by atoms with van der Waals surface area (Å²) in [5.74, 6) is 12.9. The van der Waals surface area contributed by atoms with Gasteiger partial charge in [-0.3, -0.25) is 5.14 Å². The Morgan fingerprint density at radius 3 is 2.21 bits per heavy atom. The lowest BCUT2D eigenvalue weighted by atomic mass is 9.42. The van der Waals surface area contributed by atoms with Crippen LogP contribution in [0.5, 0.6) is 0 Å². The first kappa shape index (κ1) is 28.2. The summed E-state index contributed by atoms with van der Waals surface area (Å²) in [6.45, 7) is 10.1. The molecule has 6 unspecified atom stereocenters. The van der Waals surface area contributed by atoms with E-state index >= 15 is 0 Å². The van der Waals surface area contributed by atoms with Gasteiger partial charge in [0, 0.05) is 6.42 Å². The van der Waals surface area contributed by atoms with E-state index in [1.807, 2.05) is 0 Å². The maximum Gasteiger partial charge on any atom is 0.119 e. The molecule has 0 radical (unpaired) electrons. The number of hydrogen-bond donors (Lipinski definition) is 4. The van der Waals surface area contributed by atoms with E-state index in [0.717, 1.165) is 54.3 Å². The van der Waals surface area contributed by atoms with Crippen LogP contribution in [-0.2, 0) is 0 Å². The normalized spacial score (nSPS) is 43.3. The first-order chi connectivity index (χ1) is 16.3. The van der Waals surface area contributed by atoms with Crippen molar-refractivity contribution in [3.05, 3.63) is 0 Å². The second-order valence-electron chi connectivity index (χ2n) is 13.2. The molecular weight excluding hydrogens is 436 g/mol. The summed E-state index contributed by atoms with van der Waals surface area (Å²) in [6.07, 6.45) is 21.2. The molecule has 0 heterocycles. The average Bonchev–Trinajstić information content (AvgIpc) is 3.56. The van der Waals surface area contributed by atoms with Crippen molar-refractivity contribution < 1.29 is 0 Å². The molecule has 8 atom stereocenters. The number of nitrogens with two attached hydrogens (primary N) is 3. The highest BCUT2D eigenvalue weighted by Gasteiger charge is 2.60. The number of hydrogen-bond acceptors (Lipinski definition) is 4. The van der Waals surface area contributed by atoms with Gasteiger partial charge in [-0.05, 0) is 110 Å². The minimum Gasteiger partial charge on any atom is -0.386 e. The van der Waals surface area contributed by atoms with Gasteiger partial charge in [0.15, 0.2) is 0 Å². The zero-order chi connectivity index (χ0) is 24.9. The molecule has 198 valence electrons. The fraction of sp³-hybridized carbons (Fsp3) is 0.966. The number of thiol groups is 1. The Morgan fingerprint density at radius 2 is 1.59 bits per heavy atom. The molecule has 5 heteroatoms. The number of rotatable bonds is 5. The smallest absolute Gasteiger partial charge is 0.119 e. The molecule has 0 amide bonds. The summed E-state index contributed by atoms with van der Waals surface area (Å²) in [7, 11) is 0. The number of hydrazone groups is 1. The molecule has 34 heavy (non-hydrogen) atoms. The lowest BCUT2D eigenvalue weighted by Gasteiger charge is -2.62. The lowest BCUT2D eigenvalue weighted by molar-refractivity contribution is -0.135. The minimum atomic E-state index is 0.575. The molecule has 4 nitrogen and oxygen atoms in total. The Labute approximate surface area is 216 Å². The second-order valence-corrected chi connectivity index (χ2v) is 13.2. The monoisotopic (exact) mass is 492 g/mol. The van der Waals surface area contributed by atoms with Gasteiger partial charge in [0.2, 0.25) is 0 Å². The highest BCUT2D eigenvalue weighted by atomic mass is 32.1. The average molecular weight is 493 g/mol. The van der Waals surface area contributed by atoms with E-state index in [1.54, 1.807) is 6.42 Å². The van der Waals surface area contributed by atoms with Crippen LogP contribution >= 0.6 is 12.8 Å². The molecule has 6 N–H and O–H groups in total. The third-order valence-electron chi connectivity index (χ3n) is 11.5. The lowest BCUT2D eigenvalue weighted by Crippen LogP contribution is -2.55. The van der Waals surface area contributed by atoms with E-state index in [9.17, 15) is 0 Å². The van der Waals surface area contributed by atoms with E-state index in [2.05, 4.69) is 50.8 Å². The Hall–Kier alpha value is -0.420. The molecule has 5 aliphatic rings. The highest BCUT2D eigenvalue weighted by molar-refractivity contribution is 7.77. The van der Waals surface area contributed by atoms with Gasteiger partial charge in [0.1, 0.15) is 5.84 Å². The van der Waals surface area contributed by atoms with E-state index in [0.29, 0.717) is 16.7 Å². The minimum absolute atomic E-state index is 0.575. The van der Waals surface area contributed by atoms with Gasteiger partial charge in [-0.15, -0.1) is 12.8 Å². The molecular formula is C29H56N4S. The molecule has 0 spiro atoms. The molecule has 5 saturated carbocycles. The van der Waals surface area contributed by atoms with Crippen LogP contribution < -0.4 is 16.7 Å². The van der Waals surface area contributed by atoms with Crippen molar-refractivity contribution in [1.82, 2.24) is 0 Å². The Morgan fingerprint density at radius 1 is 0.912 bits per heavy atom. The van der Waals surface area contributed by atoms with Crippen molar-refractivity contribution >= 4 is 18.7 Å². The van der Waals surface area contributed by atoms with Gasteiger partial charge in [0.25, 0.3) is 0 Å². The van der Waals surface area contributed by atoms with Crippen molar-refractivity contribution in [3.8, 4) is 0 Å². The van der Waals surface area contributed by atoms with E-state index in [1.165, 1.54) is 77.0 Å². The zero-order valence-corrected chi connectivity index (χ0v) is 23.7. The summed E-state index contributed by atoms with van der Waals surface area (Å²) in [4.78, 5) is 0. The molecule has 0 aromatic rings. The van der Waals surface area contributed by atoms with Crippen LogP contribution in [0.25, 0.3) is 0 Å². The first-order valence-electron chi connectivity index (χ1n) is 14.6.